The van der Waals surface area contributed by atoms with Crippen molar-refractivity contribution < 1.29 is 9.53 Å². The van der Waals surface area contributed by atoms with Crippen molar-refractivity contribution in [3.63, 3.8) is 0 Å². The molecule has 1 fully saturated rings. The summed E-state index contributed by atoms with van der Waals surface area (Å²) in [7, 11) is 0. The van der Waals surface area contributed by atoms with E-state index in [1.807, 2.05) is 12.1 Å². The molecule has 1 aliphatic carbocycles. The maximum atomic E-state index is 12.4. The topological polar surface area (TPSA) is 26.3 Å². The highest BCUT2D eigenvalue weighted by Crippen LogP contribution is 2.28. The highest BCUT2D eigenvalue weighted by atomic mass is 35.5. The van der Waals surface area contributed by atoms with Crippen molar-refractivity contribution >= 4 is 29.0 Å². The number of hydrogen-bond donors (Lipinski definition) is 0. The Hall–Kier alpha value is -1.51. The zero-order valence-corrected chi connectivity index (χ0v) is 12.1. The molecule has 1 saturated carbocycles. The van der Waals surface area contributed by atoms with Crippen LogP contribution in [0.15, 0.2) is 42.5 Å². The van der Waals surface area contributed by atoms with Gasteiger partial charge in [0.2, 0.25) is 0 Å². The summed E-state index contributed by atoms with van der Waals surface area (Å²) in [5, 5.41) is 0.869. The lowest BCUT2D eigenvalue weighted by Crippen LogP contribution is -2.03. The molecule has 0 heterocycles. The van der Waals surface area contributed by atoms with Crippen LogP contribution in [0, 0.1) is 0 Å². The van der Waals surface area contributed by atoms with Crippen LogP contribution < -0.4 is 4.74 Å². The molecule has 102 valence electrons. The predicted molar refractivity (Wildman–Crippen MR) is 80.0 cm³/mol. The Bertz CT molecular complexity index is 663. The van der Waals surface area contributed by atoms with E-state index in [-0.39, 0.29) is 5.78 Å². The highest BCUT2D eigenvalue weighted by molar-refractivity contribution is 6.37. The Morgan fingerprint density at radius 2 is 1.90 bits per heavy atom. The zero-order valence-electron chi connectivity index (χ0n) is 10.6. The van der Waals surface area contributed by atoms with Crippen LogP contribution in [-0.2, 0) is 0 Å². The molecule has 0 unspecified atom stereocenters. The van der Waals surface area contributed by atoms with Crippen LogP contribution in [0.5, 0.6) is 5.75 Å². The van der Waals surface area contributed by atoms with E-state index in [1.165, 1.54) is 0 Å². The minimum Gasteiger partial charge on any atom is -0.490 e. The molecule has 20 heavy (non-hydrogen) atoms. The Labute approximate surface area is 127 Å². The van der Waals surface area contributed by atoms with Crippen molar-refractivity contribution in [1.82, 2.24) is 0 Å². The third kappa shape index (κ3) is 2.97. The molecule has 0 atom stereocenters. The normalized spacial score (nSPS) is 14.1. The fourth-order valence-electron chi connectivity index (χ4n) is 1.92. The smallest absolute Gasteiger partial charge is 0.194 e. The molecule has 0 amide bonds. The lowest BCUT2D eigenvalue weighted by molar-refractivity contribution is 0.103. The Kier molecular flexibility index (Phi) is 3.68. The minimum absolute atomic E-state index is 0.132. The fourth-order valence-corrected chi connectivity index (χ4v) is 2.41. The molecule has 0 spiro atoms. The molecule has 0 aliphatic heterocycles. The largest absolute Gasteiger partial charge is 0.490 e. The van der Waals surface area contributed by atoms with Gasteiger partial charge in [-0.3, -0.25) is 4.79 Å². The van der Waals surface area contributed by atoms with Gasteiger partial charge in [0, 0.05) is 16.1 Å². The highest BCUT2D eigenvalue weighted by Gasteiger charge is 2.23. The number of carbonyl (C=O) groups is 1. The first-order chi connectivity index (χ1) is 9.63. The van der Waals surface area contributed by atoms with Gasteiger partial charge in [-0.05, 0) is 43.2 Å². The average Bonchev–Trinajstić information content (AvgIpc) is 3.22. The van der Waals surface area contributed by atoms with E-state index in [0.29, 0.717) is 27.3 Å². The number of ketones is 1. The molecule has 0 aromatic heterocycles. The van der Waals surface area contributed by atoms with E-state index in [2.05, 4.69) is 0 Å². The summed E-state index contributed by atoms with van der Waals surface area (Å²) in [5.41, 5.74) is 1.01. The molecule has 0 bridgehead atoms. The van der Waals surface area contributed by atoms with Crippen molar-refractivity contribution in [2.24, 2.45) is 0 Å². The second-order valence-electron chi connectivity index (χ2n) is 4.80. The Morgan fingerprint density at radius 3 is 2.60 bits per heavy atom. The summed E-state index contributed by atoms with van der Waals surface area (Å²) >= 11 is 11.9. The monoisotopic (exact) mass is 306 g/mol. The second-order valence-corrected chi connectivity index (χ2v) is 5.64. The van der Waals surface area contributed by atoms with Gasteiger partial charge in [-0.25, -0.2) is 0 Å². The molecule has 0 N–H and O–H groups in total. The molecule has 3 rings (SSSR count). The number of benzene rings is 2. The summed E-state index contributed by atoms with van der Waals surface area (Å²) in [4.78, 5) is 12.4. The number of ether oxygens (including phenoxy) is 1. The van der Waals surface area contributed by atoms with E-state index in [1.54, 1.807) is 30.3 Å². The maximum absolute atomic E-state index is 12.4. The standard InChI is InChI=1S/C16H12Cl2O2/c17-11-4-7-14(15(18)9-11)16(19)10-2-1-3-13(8-10)20-12-5-6-12/h1-4,7-9,12H,5-6H2. The number of carbonyl (C=O) groups excluding carboxylic acids is 1. The van der Waals surface area contributed by atoms with Crippen molar-refractivity contribution in [1.29, 1.82) is 0 Å². The zero-order chi connectivity index (χ0) is 14.1. The van der Waals surface area contributed by atoms with E-state index in [4.69, 9.17) is 27.9 Å². The fraction of sp³-hybridized carbons (Fsp3) is 0.188. The quantitative estimate of drug-likeness (QED) is 0.761. The molecule has 1 aliphatic rings. The summed E-state index contributed by atoms with van der Waals surface area (Å²) in [6, 6.07) is 12.1. The van der Waals surface area contributed by atoms with Crippen molar-refractivity contribution in [3.05, 3.63) is 63.6 Å². The van der Waals surface area contributed by atoms with Gasteiger partial charge in [-0.15, -0.1) is 0 Å². The predicted octanol–water partition coefficient (Wildman–Crippen LogP) is 4.77. The van der Waals surface area contributed by atoms with Crippen molar-refractivity contribution in [2.45, 2.75) is 18.9 Å². The first-order valence-corrected chi connectivity index (χ1v) is 7.15. The third-order valence-electron chi connectivity index (χ3n) is 3.10. The van der Waals surface area contributed by atoms with Crippen LogP contribution in [0.4, 0.5) is 0 Å². The summed E-state index contributed by atoms with van der Waals surface area (Å²) in [5.74, 6) is 0.594. The third-order valence-corrected chi connectivity index (χ3v) is 3.65. The van der Waals surface area contributed by atoms with Gasteiger partial charge in [0.1, 0.15) is 5.75 Å². The Morgan fingerprint density at radius 1 is 1.10 bits per heavy atom. The number of rotatable bonds is 4. The molecule has 4 heteroatoms. The molecular formula is C16H12Cl2O2. The van der Waals surface area contributed by atoms with Crippen LogP contribution in [0.25, 0.3) is 0 Å². The lowest BCUT2D eigenvalue weighted by atomic mass is 10.0. The molecule has 0 saturated heterocycles. The molecule has 2 aromatic carbocycles. The van der Waals surface area contributed by atoms with E-state index in [9.17, 15) is 4.79 Å². The van der Waals surface area contributed by atoms with Crippen LogP contribution in [0.2, 0.25) is 10.0 Å². The van der Waals surface area contributed by atoms with Gasteiger partial charge in [0.25, 0.3) is 0 Å². The average molecular weight is 307 g/mol. The van der Waals surface area contributed by atoms with Crippen LogP contribution in [0.3, 0.4) is 0 Å². The number of halogens is 2. The van der Waals surface area contributed by atoms with Crippen LogP contribution >= 0.6 is 23.2 Å². The SMILES string of the molecule is O=C(c1cccc(OC2CC2)c1)c1ccc(Cl)cc1Cl. The van der Waals surface area contributed by atoms with Gasteiger partial charge in [-0.2, -0.15) is 0 Å². The van der Waals surface area contributed by atoms with Gasteiger partial charge in [0.05, 0.1) is 11.1 Å². The van der Waals surface area contributed by atoms with E-state index >= 15 is 0 Å². The number of hydrogen-bond acceptors (Lipinski definition) is 2. The van der Waals surface area contributed by atoms with Gasteiger partial charge < -0.3 is 4.74 Å². The second kappa shape index (κ2) is 5.47. The van der Waals surface area contributed by atoms with Crippen molar-refractivity contribution in [3.8, 4) is 5.75 Å². The first kappa shape index (κ1) is 13.5. The Balaban J connectivity index is 1.89. The van der Waals surface area contributed by atoms with E-state index in [0.717, 1.165) is 18.6 Å². The summed E-state index contributed by atoms with van der Waals surface area (Å²) in [6.45, 7) is 0. The molecule has 2 aromatic rings. The lowest BCUT2D eigenvalue weighted by Gasteiger charge is -2.07. The minimum atomic E-state index is -0.132. The van der Waals surface area contributed by atoms with Gasteiger partial charge in [-0.1, -0.05) is 35.3 Å². The van der Waals surface area contributed by atoms with Gasteiger partial charge in [0.15, 0.2) is 5.78 Å². The van der Waals surface area contributed by atoms with Crippen LogP contribution in [0.1, 0.15) is 28.8 Å². The van der Waals surface area contributed by atoms with E-state index < -0.39 is 0 Å². The van der Waals surface area contributed by atoms with Gasteiger partial charge >= 0.3 is 0 Å². The molecular weight excluding hydrogens is 295 g/mol. The summed E-state index contributed by atoms with van der Waals surface area (Å²) in [6.07, 6.45) is 2.47. The van der Waals surface area contributed by atoms with Crippen LogP contribution in [-0.4, -0.2) is 11.9 Å². The molecule has 0 radical (unpaired) electrons. The summed E-state index contributed by atoms with van der Waals surface area (Å²) < 4.78 is 5.70. The first-order valence-electron chi connectivity index (χ1n) is 6.40. The maximum Gasteiger partial charge on any atom is 0.194 e. The molecule has 2 nitrogen and oxygen atoms in total. The van der Waals surface area contributed by atoms with Crippen molar-refractivity contribution in [2.75, 3.05) is 0 Å².